The monoisotopic (exact) mass is 347 g/mol. The quantitative estimate of drug-likeness (QED) is 0.270. The van der Waals surface area contributed by atoms with Crippen LogP contribution in [0, 0.1) is 6.92 Å². The van der Waals surface area contributed by atoms with E-state index in [1.165, 1.54) is 6.07 Å². The van der Waals surface area contributed by atoms with E-state index in [1.807, 2.05) is 0 Å². The van der Waals surface area contributed by atoms with Crippen LogP contribution in [0.3, 0.4) is 0 Å². The molecule has 132 valence electrons. The Kier molecular flexibility index (Phi) is 5.21. The average molecular weight is 347 g/mol. The minimum Gasteiger partial charge on any atom is -0.465 e. The topological polar surface area (TPSA) is 99.2 Å². The van der Waals surface area contributed by atoms with Gasteiger partial charge in [-0.15, -0.1) is 0 Å². The van der Waals surface area contributed by atoms with Crippen LogP contribution in [0.2, 0.25) is 0 Å². The fourth-order valence-corrected chi connectivity index (χ4v) is 2.56. The standard InChI is InChI=1S/C17H17NO7/c1-5-25-17(22)18-12-9(2)7-6-8-10(12)14(19)13(18)11(15(20)23-3)16(21)24-4/h6-8H,5H2,1-4H3. The molecule has 1 aliphatic rings. The lowest BCUT2D eigenvalue weighted by Gasteiger charge is -2.20. The first-order valence-electron chi connectivity index (χ1n) is 7.41. The molecule has 0 aliphatic carbocycles. The molecule has 0 aromatic heterocycles. The maximum Gasteiger partial charge on any atom is 0.419 e. The van der Waals surface area contributed by atoms with Crippen molar-refractivity contribution >= 4 is 29.5 Å². The van der Waals surface area contributed by atoms with Crippen LogP contribution in [0.4, 0.5) is 10.5 Å². The van der Waals surface area contributed by atoms with Crippen LogP contribution >= 0.6 is 0 Å². The molecule has 0 atom stereocenters. The molecule has 25 heavy (non-hydrogen) atoms. The smallest absolute Gasteiger partial charge is 0.419 e. The van der Waals surface area contributed by atoms with Crippen LogP contribution < -0.4 is 4.90 Å². The van der Waals surface area contributed by atoms with Gasteiger partial charge in [0, 0.05) is 5.56 Å². The van der Waals surface area contributed by atoms with E-state index in [1.54, 1.807) is 26.0 Å². The number of hydrogen-bond acceptors (Lipinski definition) is 7. The Morgan fingerprint density at radius 2 is 1.68 bits per heavy atom. The molecule has 8 nitrogen and oxygen atoms in total. The van der Waals surface area contributed by atoms with Crippen molar-refractivity contribution < 1.29 is 33.4 Å². The van der Waals surface area contributed by atoms with Gasteiger partial charge in [0.15, 0.2) is 5.57 Å². The number of anilines is 1. The number of esters is 2. The third-order valence-corrected chi connectivity index (χ3v) is 3.61. The highest BCUT2D eigenvalue weighted by Crippen LogP contribution is 2.39. The van der Waals surface area contributed by atoms with Crippen molar-refractivity contribution in [3.8, 4) is 0 Å². The Labute approximate surface area is 143 Å². The van der Waals surface area contributed by atoms with Gasteiger partial charge in [-0.25, -0.2) is 19.3 Å². The molecule has 1 amide bonds. The first kappa shape index (κ1) is 18.2. The van der Waals surface area contributed by atoms with Crippen LogP contribution in [-0.2, 0) is 23.8 Å². The van der Waals surface area contributed by atoms with Crippen LogP contribution in [0.15, 0.2) is 29.5 Å². The zero-order valence-corrected chi connectivity index (χ0v) is 14.2. The molecule has 1 aromatic carbocycles. The normalized spacial score (nSPS) is 12.6. The number of aryl methyl sites for hydroxylation is 1. The summed E-state index contributed by atoms with van der Waals surface area (Å²) in [5.41, 5.74) is -0.0808. The van der Waals surface area contributed by atoms with Crippen LogP contribution in [0.1, 0.15) is 22.8 Å². The third kappa shape index (κ3) is 2.98. The number of allylic oxidation sites excluding steroid dienone is 1. The van der Waals surface area contributed by atoms with Crippen molar-refractivity contribution in [2.75, 3.05) is 25.7 Å². The van der Waals surface area contributed by atoms with E-state index in [9.17, 15) is 19.2 Å². The number of methoxy groups -OCH3 is 2. The highest BCUT2D eigenvalue weighted by molar-refractivity contribution is 6.31. The Morgan fingerprint density at radius 3 is 2.20 bits per heavy atom. The predicted octanol–water partition coefficient (Wildman–Crippen LogP) is 1.75. The zero-order chi connectivity index (χ0) is 18.7. The summed E-state index contributed by atoms with van der Waals surface area (Å²) in [6, 6.07) is 4.82. The predicted molar refractivity (Wildman–Crippen MR) is 86.1 cm³/mol. The second-order valence-corrected chi connectivity index (χ2v) is 5.04. The number of benzene rings is 1. The fourth-order valence-electron chi connectivity index (χ4n) is 2.56. The number of amides is 1. The summed E-state index contributed by atoms with van der Waals surface area (Å²) in [5.74, 6) is -2.84. The highest BCUT2D eigenvalue weighted by Gasteiger charge is 2.44. The maximum atomic E-state index is 12.8. The van der Waals surface area contributed by atoms with Crippen LogP contribution in [0.5, 0.6) is 0 Å². The van der Waals surface area contributed by atoms with Crippen molar-refractivity contribution in [3.05, 3.63) is 40.6 Å². The van der Waals surface area contributed by atoms with Gasteiger partial charge in [-0.05, 0) is 25.5 Å². The van der Waals surface area contributed by atoms with E-state index in [0.29, 0.717) is 5.56 Å². The number of Topliss-reactive ketones (excluding diaryl/α,β-unsaturated/α-hetero) is 1. The van der Waals surface area contributed by atoms with E-state index in [2.05, 4.69) is 9.47 Å². The van der Waals surface area contributed by atoms with Crippen LogP contribution in [0.25, 0.3) is 0 Å². The van der Waals surface area contributed by atoms with Crippen molar-refractivity contribution in [3.63, 3.8) is 0 Å². The molecule has 0 fully saturated rings. The molecular weight excluding hydrogens is 330 g/mol. The molecule has 0 spiro atoms. The van der Waals surface area contributed by atoms with E-state index in [4.69, 9.17) is 4.74 Å². The van der Waals surface area contributed by atoms with Gasteiger partial charge in [0.25, 0.3) is 0 Å². The summed E-state index contributed by atoms with van der Waals surface area (Å²) < 4.78 is 14.2. The molecule has 0 unspecified atom stereocenters. The minimum atomic E-state index is -1.09. The van der Waals surface area contributed by atoms with Crippen molar-refractivity contribution in [2.45, 2.75) is 13.8 Å². The Hall–Kier alpha value is -3.16. The van der Waals surface area contributed by atoms with Gasteiger partial charge in [0.1, 0.15) is 5.70 Å². The molecule has 0 saturated heterocycles. The second-order valence-electron chi connectivity index (χ2n) is 5.04. The molecule has 1 aromatic rings. The summed E-state index contributed by atoms with van der Waals surface area (Å²) in [5, 5.41) is 0. The van der Waals surface area contributed by atoms with E-state index in [0.717, 1.165) is 19.1 Å². The van der Waals surface area contributed by atoms with E-state index >= 15 is 0 Å². The number of carbonyl (C=O) groups excluding carboxylic acids is 4. The lowest BCUT2D eigenvalue weighted by molar-refractivity contribution is -0.144. The molecular formula is C17H17NO7. The van der Waals surface area contributed by atoms with E-state index in [-0.39, 0.29) is 17.9 Å². The van der Waals surface area contributed by atoms with Gasteiger partial charge in [-0.3, -0.25) is 4.79 Å². The molecule has 0 bridgehead atoms. The van der Waals surface area contributed by atoms with Gasteiger partial charge in [-0.2, -0.15) is 0 Å². The number of rotatable bonds is 3. The Bertz CT molecular complexity index is 776. The Morgan fingerprint density at radius 1 is 1.08 bits per heavy atom. The number of carbonyl (C=O) groups is 4. The summed E-state index contributed by atoms with van der Waals surface area (Å²) >= 11 is 0. The van der Waals surface area contributed by atoms with Crippen molar-refractivity contribution in [1.82, 2.24) is 0 Å². The molecule has 0 N–H and O–H groups in total. The number of nitrogens with zero attached hydrogens (tertiary/aromatic N) is 1. The van der Waals surface area contributed by atoms with Crippen LogP contribution in [-0.4, -0.2) is 44.6 Å². The Balaban J connectivity index is 2.82. The molecule has 8 heteroatoms. The average Bonchev–Trinajstić information content (AvgIpc) is 2.89. The summed E-state index contributed by atoms with van der Waals surface area (Å²) in [7, 11) is 2.11. The van der Waals surface area contributed by atoms with E-state index < -0.39 is 35.1 Å². The number of ketones is 1. The highest BCUT2D eigenvalue weighted by atomic mass is 16.6. The summed E-state index contributed by atoms with van der Waals surface area (Å²) in [4.78, 5) is 50.4. The van der Waals surface area contributed by atoms with Gasteiger partial charge in [0.2, 0.25) is 5.78 Å². The maximum absolute atomic E-state index is 12.8. The first-order valence-corrected chi connectivity index (χ1v) is 7.41. The number of hydrogen-bond donors (Lipinski definition) is 0. The number of para-hydroxylation sites is 1. The van der Waals surface area contributed by atoms with Gasteiger partial charge >= 0.3 is 18.0 Å². The molecule has 1 aliphatic heterocycles. The summed E-state index contributed by atoms with van der Waals surface area (Å²) in [6.07, 6.45) is -0.885. The fraction of sp³-hybridized carbons (Fsp3) is 0.294. The first-order chi connectivity index (χ1) is 11.9. The molecule has 2 rings (SSSR count). The van der Waals surface area contributed by atoms with Gasteiger partial charge < -0.3 is 14.2 Å². The SMILES string of the molecule is CCOC(=O)N1C(=C(C(=O)OC)C(=O)OC)C(=O)c2cccc(C)c21. The zero-order valence-electron chi connectivity index (χ0n) is 14.2. The second kappa shape index (κ2) is 7.16. The molecule has 0 radical (unpaired) electrons. The lowest BCUT2D eigenvalue weighted by Crippen LogP contribution is -2.34. The molecule has 1 heterocycles. The number of ether oxygens (including phenoxy) is 3. The van der Waals surface area contributed by atoms with Gasteiger partial charge in [0.05, 0.1) is 26.5 Å². The van der Waals surface area contributed by atoms with Gasteiger partial charge in [-0.1, -0.05) is 12.1 Å². The largest absolute Gasteiger partial charge is 0.465 e. The third-order valence-electron chi connectivity index (χ3n) is 3.61. The minimum absolute atomic E-state index is 0.0454. The molecule has 0 saturated carbocycles. The lowest BCUT2D eigenvalue weighted by atomic mass is 10.1. The summed E-state index contributed by atoms with van der Waals surface area (Å²) in [6.45, 7) is 3.33. The number of fused-ring (bicyclic) bond motifs is 1. The van der Waals surface area contributed by atoms with Crippen molar-refractivity contribution in [2.24, 2.45) is 0 Å². The van der Waals surface area contributed by atoms with Crippen molar-refractivity contribution in [1.29, 1.82) is 0 Å².